The topological polar surface area (TPSA) is 74.8 Å². The molecule has 1 saturated carbocycles. The fourth-order valence-electron chi connectivity index (χ4n) is 3.12. The first-order valence-corrected chi connectivity index (χ1v) is 11.2. The van der Waals surface area contributed by atoms with Crippen molar-refractivity contribution in [2.75, 3.05) is 6.54 Å². The van der Waals surface area contributed by atoms with Crippen LogP contribution in [-0.4, -0.2) is 22.4 Å². The fraction of sp³-hybridized carbons (Fsp3) is 0.381. The Kier molecular flexibility index (Phi) is 5.29. The summed E-state index contributed by atoms with van der Waals surface area (Å²) in [6.07, 6.45) is 2.38. The Bertz CT molecular complexity index is 1110. The van der Waals surface area contributed by atoms with E-state index in [1.807, 2.05) is 6.92 Å². The molecule has 28 heavy (non-hydrogen) atoms. The van der Waals surface area contributed by atoms with Crippen molar-refractivity contribution in [2.24, 2.45) is 5.92 Å². The number of aromatic amines is 1. The number of hydrogen-bond donors (Lipinski definition) is 2. The highest BCUT2D eigenvalue weighted by Gasteiger charge is 2.24. The highest BCUT2D eigenvalue weighted by atomic mass is 32.2. The van der Waals surface area contributed by atoms with Crippen LogP contribution in [0.1, 0.15) is 45.0 Å². The minimum absolute atomic E-state index is 0.0990. The van der Waals surface area contributed by atoms with Gasteiger partial charge in [-0.1, -0.05) is 17.7 Å². The summed E-state index contributed by atoms with van der Waals surface area (Å²) in [6.45, 7) is 6.69. The van der Waals surface area contributed by atoms with Crippen molar-refractivity contribution < 1.29 is 4.79 Å². The number of nitrogens with one attached hydrogen (secondary N) is 2. The van der Waals surface area contributed by atoms with E-state index in [0.717, 1.165) is 5.56 Å². The minimum atomic E-state index is -0.170. The lowest BCUT2D eigenvalue weighted by Gasteiger charge is -2.06. The number of fused-ring (bicyclic) bond motifs is 1. The average molecular weight is 414 g/mol. The maximum atomic E-state index is 12.6. The molecule has 0 atom stereocenters. The standard InChI is InChI=1S/C21H23N3O2S2/c1-11-4-5-12(2)15(8-11)27-10-16-23-19(25)17-13(3)18(28-21(17)24-16)20(26)22-9-14-6-7-14/h4-5,8,14H,6-7,9-10H2,1-3H3,(H,22,26)(H,23,24,25). The molecule has 3 aromatic rings. The first-order valence-electron chi connectivity index (χ1n) is 9.43. The molecule has 2 aromatic heterocycles. The van der Waals surface area contributed by atoms with E-state index in [9.17, 15) is 9.59 Å². The second kappa shape index (κ2) is 7.72. The molecule has 1 aromatic carbocycles. The van der Waals surface area contributed by atoms with Crippen molar-refractivity contribution in [2.45, 2.75) is 44.3 Å². The number of amides is 1. The van der Waals surface area contributed by atoms with Gasteiger partial charge in [-0.2, -0.15) is 0 Å². The molecule has 2 heterocycles. The molecule has 7 heteroatoms. The molecule has 146 valence electrons. The maximum absolute atomic E-state index is 12.6. The van der Waals surface area contributed by atoms with Crippen LogP contribution in [0.15, 0.2) is 27.9 Å². The molecule has 2 N–H and O–H groups in total. The molecule has 5 nitrogen and oxygen atoms in total. The van der Waals surface area contributed by atoms with Gasteiger partial charge in [-0.3, -0.25) is 9.59 Å². The Morgan fingerprint density at radius 2 is 2.11 bits per heavy atom. The predicted octanol–water partition coefficient (Wildman–Crippen LogP) is 4.34. The van der Waals surface area contributed by atoms with Gasteiger partial charge in [0.25, 0.3) is 11.5 Å². The van der Waals surface area contributed by atoms with Crippen molar-refractivity contribution in [3.8, 4) is 0 Å². The Labute approximate surface area is 172 Å². The maximum Gasteiger partial charge on any atom is 0.261 e. The first-order chi connectivity index (χ1) is 13.4. The zero-order chi connectivity index (χ0) is 19.8. The normalized spacial score (nSPS) is 13.8. The summed E-state index contributed by atoms with van der Waals surface area (Å²) in [6, 6.07) is 6.34. The molecule has 1 aliphatic rings. The monoisotopic (exact) mass is 413 g/mol. The van der Waals surface area contributed by atoms with Crippen LogP contribution in [0.3, 0.4) is 0 Å². The van der Waals surface area contributed by atoms with Crippen LogP contribution >= 0.6 is 23.1 Å². The number of carbonyl (C=O) groups excluding carboxylic acids is 1. The number of H-pyrrole nitrogens is 1. The summed E-state index contributed by atoms with van der Waals surface area (Å²) >= 11 is 2.97. The van der Waals surface area contributed by atoms with Crippen LogP contribution < -0.4 is 10.9 Å². The third kappa shape index (κ3) is 4.00. The molecule has 0 saturated heterocycles. The number of hydrogen-bond acceptors (Lipinski definition) is 5. The Morgan fingerprint density at radius 1 is 1.32 bits per heavy atom. The quantitative estimate of drug-likeness (QED) is 0.590. The number of nitrogens with zero attached hydrogens (tertiary/aromatic N) is 1. The van der Waals surface area contributed by atoms with Gasteiger partial charge in [-0.25, -0.2) is 4.98 Å². The van der Waals surface area contributed by atoms with Gasteiger partial charge >= 0.3 is 0 Å². The number of rotatable bonds is 6. The Morgan fingerprint density at radius 3 is 2.86 bits per heavy atom. The van der Waals surface area contributed by atoms with Crippen LogP contribution in [0.25, 0.3) is 10.2 Å². The van der Waals surface area contributed by atoms with E-state index in [-0.39, 0.29) is 11.5 Å². The number of benzene rings is 1. The van der Waals surface area contributed by atoms with E-state index in [4.69, 9.17) is 0 Å². The molecule has 0 spiro atoms. The molecule has 1 amide bonds. The average Bonchev–Trinajstić information content (AvgIpc) is 3.43. The number of carbonyl (C=O) groups is 1. The van der Waals surface area contributed by atoms with Gasteiger partial charge in [0.15, 0.2) is 0 Å². The SMILES string of the molecule is Cc1ccc(C)c(SCc2nc3sc(C(=O)NCC4CC4)c(C)c3c(=O)[nH]2)c1. The second-order valence-electron chi connectivity index (χ2n) is 7.46. The number of aryl methyl sites for hydroxylation is 3. The van der Waals surface area contributed by atoms with Crippen molar-refractivity contribution in [3.63, 3.8) is 0 Å². The van der Waals surface area contributed by atoms with Gasteiger partial charge in [-0.05, 0) is 56.7 Å². The third-order valence-corrected chi connectivity index (χ3v) is 7.37. The fourth-order valence-corrected chi connectivity index (χ4v) is 5.23. The summed E-state index contributed by atoms with van der Waals surface area (Å²) in [7, 11) is 0. The molecule has 0 radical (unpaired) electrons. The van der Waals surface area contributed by atoms with Crippen LogP contribution in [0.2, 0.25) is 0 Å². The van der Waals surface area contributed by atoms with Gasteiger partial charge in [0, 0.05) is 11.4 Å². The van der Waals surface area contributed by atoms with Crippen LogP contribution in [0.4, 0.5) is 0 Å². The van der Waals surface area contributed by atoms with Gasteiger partial charge < -0.3 is 10.3 Å². The van der Waals surface area contributed by atoms with Crippen molar-refractivity contribution >= 4 is 39.2 Å². The largest absolute Gasteiger partial charge is 0.351 e. The van der Waals surface area contributed by atoms with E-state index in [1.165, 1.54) is 40.2 Å². The zero-order valence-corrected chi connectivity index (χ0v) is 17.9. The molecule has 1 fully saturated rings. The van der Waals surface area contributed by atoms with Crippen molar-refractivity contribution in [3.05, 3.63) is 55.9 Å². The first kappa shape index (κ1) is 19.2. The van der Waals surface area contributed by atoms with E-state index < -0.39 is 0 Å². The van der Waals surface area contributed by atoms with E-state index in [0.29, 0.717) is 39.1 Å². The molecular formula is C21H23N3O2S2. The zero-order valence-electron chi connectivity index (χ0n) is 16.2. The molecular weight excluding hydrogens is 390 g/mol. The van der Waals surface area contributed by atoms with Gasteiger partial charge in [0.2, 0.25) is 0 Å². The van der Waals surface area contributed by atoms with Gasteiger partial charge in [0.1, 0.15) is 10.7 Å². The molecule has 0 bridgehead atoms. The number of aromatic nitrogens is 2. The predicted molar refractivity (Wildman–Crippen MR) is 116 cm³/mol. The lowest BCUT2D eigenvalue weighted by atomic mass is 10.2. The summed E-state index contributed by atoms with van der Waals surface area (Å²) < 4.78 is 0. The van der Waals surface area contributed by atoms with E-state index in [1.54, 1.807) is 11.8 Å². The van der Waals surface area contributed by atoms with Crippen LogP contribution in [0, 0.1) is 26.7 Å². The van der Waals surface area contributed by atoms with Crippen LogP contribution in [-0.2, 0) is 5.75 Å². The molecule has 0 aliphatic heterocycles. The van der Waals surface area contributed by atoms with Crippen molar-refractivity contribution in [1.82, 2.24) is 15.3 Å². The lowest BCUT2D eigenvalue weighted by Crippen LogP contribution is -2.25. The van der Waals surface area contributed by atoms with Gasteiger partial charge in [-0.15, -0.1) is 23.1 Å². The van der Waals surface area contributed by atoms with Crippen LogP contribution in [0.5, 0.6) is 0 Å². The third-order valence-electron chi connectivity index (χ3n) is 5.01. The summed E-state index contributed by atoms with van der Waals surface area (Å²) in [5, 5.41) is 3.51. The minimum Gasteiger partial charge on any atom is -0.351 e. The number of thioether (sulfide) groups is 1. The summed E-state index contributed by atoms with van der Waals surface area (Å²) in [5.74, 6) is 1.73. The molecule has 1 aliphatic carbocycles. The Balaban J connectivity index is 1.58. The lowest BCUT2D eigenvalue weighted by molar-refractivity contribution is 0.0955. The van der Waals surface area contributed by atoms with E-state index >= 15 is 0 Å². The van der Waals surface area contributed by atoms with Gasteiger partial charge in [0.05, 0.1) is 16.0 Å². The summed E-state index contributed by atoms with van der Waals surface area (Å²) in [4.78, 5) is 35.1. The smallest absolute Gasteiger partial charge is 0.261 e. The molecule has 4 rings (SSSR count). The Hall–Kier alpha value is -2.12. The van der Waals surface area contributed by atoms with E-state index in [2.05, 4.69) is 47.3 Å². The second-order valence-corrected chi connectivity index (χ2v) is 9.48. The highest BCUT2D eigenvalue weighted by molar-refractivity contribution is 7.98. The number of thiophene rings is 1. The highest BCUT2D eigenvalue weighted by Crippen LogP contribution is 2.30. The summed E-state index contributed by atoms with van der Waals surface area (Å²) in [5.41, 5.74) is 2.97. The van der Waals surface area contributed by atoms with Crippen molar-refractivity contribution in [1.29, 1.82) is 0 Å². The molecule has 0 unspecified atom stereocenters.